The van der Waals surface area contributed by atoms with Gasteiger partial charge in [0.2, 0.25) is 0 Å². The van der Waals surface area contributed by atoms with Crippen molar-refractivity contribution < 1.29 is 4.39 Å². The zero-order valence-electron chi connectivity index (χ0n) is 6.69. The Bertz CT molecular complexity index is 406. The summed E-state index contributed by atoms with van der Waals surface area (Å²) >= 11 is 0. The van der Waals surface area contributed by atoms with E-state index in [2.05, 4.69) is 10.3 Å². The largest absolute Gasteiger partial charge is 0.384 e. The maximum absolute atomic E-state index is 13.1. The highest BCUT2D eigenvalue weighted by molar-refractivity contribution is 5.91. The number of anilines is 1. The molecule has 1 heterocycles. The van der Waals surface area contributed by atoms with Crippen molar-refractivity contribution in [2.45, 2.75) is 0 Å². The Labute approximate surface area is 69.4 Å². The molecule has 0 aliphatic rings. The zero-order chi connectivity index (χ0) is 8.55. The van der Waals surface area contributed by atoms with Gasteiger partial charge in [-0.3, -0.25) is 0 Å². The van der Waals surface area contributed by atoms with Crippen LogP contribution in [0.4, 0.5) is 10.1 Å². The maximum Gasteiger partial charge on any atom is 0.148 e. The first kappa shape index (κ1) is 7.16. The van der Waals surface area contributed by atoms with Crippen LogP contribution in [0.2, 0.25) is 0 Å². The molecule has 0 aliphatic carbocycles. The van der Waals surface area contributed by atoms with Crippen molar-refractivity contribution >= 4 is 16.6 Å². The normalized spacial score (nSPS) is 10.5. The number of hydrogen-bond donors (Lipinski definition) is 2. The molecule has 0 atom stereocenters. The predicted octanol–water partition coefficient (Wildman–Crippen LogP) is 2.35. The predicted molar refractivity (Wildman–Crippen MR) is 47.8 cm³/mol. The monoisotopic (exact) mass is 164 g/mol. The number of halogens is 1. The van der Waals surface area contributed by atoms with E-state index in [0.29, 0.717) is 5.69 Å². The summed E-state index contributed by atoms with van der Waals surface area (Å²) < 4.78 is 13.1. The van der Waals surface area contributed by atoms with Gasteiger partial charge in [-0.2, -0.15) is 0 Å². The molecule has 2 rings (SSSR count). The van der Waals surface area contributed by atoms with Gasteiger partial charge in [0.15, 0.2) is 0 Å². The van der Waals surface area contributed by atoms with Crippen LogP contribution in [0.15, 0.2) is 24.4 Å². The Hall–Kier alpha value is -1.51. The molecule has 0 fully saturated rings. The number of hydrogen-bond acceptors (Lipinski definition) is 1. The highest BCUT2D eigenvalue weighted by atomic mass is 19.1. The fourth-order valence-corrected chi connectivity index (χ4v) is 1.35. The summed E-state index contributed by atoms with van der Waals surface area (Å²) in [6, 6.07) is 5.12. The molecule has 0 saturated heterocycles. The molecule has 2 N–H and O–H groups in total. The second kappa shape index (κ2) is 2.52. The van der Waals surface area contributed by atoms with Crippen molar-refractivity contribution in [3.05, 3.63) is 30.2 Å². The van der Waals surface area contributed by atoms with Crippen molar-refractivity contribution in [2.24, 2.45) is 0 Å². The van der Waals surface area contributed by atoms with Gasteiger partial charge in [0.25, 0.3) is 0 Å². The molecule has 0 aliphatic heterocycles. The number of benzene rings is 1. The van der Waals surface area contributed by atoms with Crippen molar-refractivity contribution in [2.75, 3.05) is 12.4 Å². The number of rotatable bonds is 1. The molecule has 1 aromatic carbocycles. The lowest BCUT2D eigenvalue weighted by atomic mass is 10.2. The summed E-state index contributed by atoms with van der Waals surface area (Å²) in [6.07, 6.45) is 1.80. The molecule has 0 radical (unpaired) electrons. The van der Waals surface area contributed by atoms with Gasteiger partial charge in [0, 0.05) is 18.6 Å². The number of aromatic nitrogens is 1. The van der Waals surface area contributed by atoms with Gasteiger partial charge in [-0.25, -0.2) is 4.39 Å². The molecule has 3 heteroatoms. The summed E-state index contributed by atoms with van der Waals surface area (Å²) in [6.45, 7) is 0. The van der Waals surface area contributed by atoms with E-state index in [1.54, 1.807) is 19.3 Å². The van der Waals surface area contributed by atoms with Crippen LogP contribution >= 0.6 is 0 Å². The van der Waals surface area contributed by atoms with E-state index in [9.17, 15) is 4.39 Å². The molecule has 2 aromatic rings. The van der Waals surface area contributed by atoms with Crippen LogP contribution in [0.25, 0.3) is 10.9 Å². The van der Waals surface area contributed by atoms with Crippen molar-refractivity contribution in [3.63, 3.8) is 0 Å². The van der Waals surface area contributed by atoms with Crippen molar-refractivity contribution in [3.8, 4) is 0 Å². The molecule has 2 nitrogen and oxygen atoms in total. The second-order valence-corrected chi connectivity index (χ2v) is 2.61. The third-order valence-corrected chi connectivity index (χ3v) is 1.93. The van der Waals surface area contributed by atoms with Gasteiger partial charge in [-0.15, -0.1) is 0 Å². The number of nitrogens with one attached hydrogen (secondary N) is 2. The van der Waals surface area contributed by atoms with E-state index in [1.807, 2.05) is 6.07 Å². The highest BCUT2D eigenvalue weighted by Gasteiger charge is 2.05. The fourth-order valence-electron chi connectivity index (χ4n) is 1.35. The molecule has 12 heavy (non-hydrogen) atoms. The number of H-pyrrole nitrogens is 1. The Balaban J connectivity index is 2.83. The van der Waals surface area contributed by atoms with E-state index < -0.39 is 0 Å². The van der Waals surface area contributed by atoms with E-state index in [-0.39, 0.29) is 5.82 Å². The minimum absolute atomic E-state index is 0.229. The van der Waals surface area contributed by atoms with Crippen LogP contribution in [-0.4, -0.2) is 12.0 Å². The van der Waals surface area contributed by atoms with Gasteiger partial charge >= 0.3 is 0 Å². The molecular formula is C9H9FN2. The lowest BCUT2D eigenvalue weighted by Gasteiger charge is -2.02. The first-order valence-electron chi connectivity index (χ1n) is 3.76. The standard InChI is InChI=1S/C9H9FN2/c1-11-9-7(10)3-2-6-4-5-12-8(6)9/h2-5,11-12H,1H3. The quantitative estimate of drug-likeness (QED) is 0.665. The lowest BCUT2D eigenvalue weighted by molar-refractivity contribution is 0.633. The fraction of sp³-hybridized carbons (Fsp3) is 0.111. The first-order chi connectivity index (χ1) is 5.83. The Morgan fingerprint density at radius 1 is 1.33 bits per heavy atom. The summed E-state index contributed by atoms with van der Waals surface area (Å²) in [4.78, 5) is 2.98. The average Bonchev–Trinajstić information content (AvgIpc) is 2.52. The van der Waals surface area contributed by atoms with E-state index >= 15 is 0 Å². The molecule has 0 saturated carbocycles. The minimum Gasteiger partial charge on any atom is -0.384 e. The van der Waals surface area contributed by atoms with Crippen LogP contribution < -0.4 is 5.32 Å². The topological polar surface area (TPSA) is 27.8 Å². The molecule has 0 unspecified atom stereocenters. The molecule has 0 spiro atoms. The minimum atomic E-state index is -0.229. The summed E-state index contributed by atoms with van der Waals surface area (Å²) in [5.41, 5.74) is 1.34. The Morgan fingerprint density at radius 2 is 2.17 bits per heavy atom. The summed E-state index contributed by atoms with van der Waals surface area (Å²) in [5.74, 6) is -0.229. The molecule has 62 valence electrons. The third kappa shape index (κ3) is 0.863. The Morgan fingerprint density at radius 3 is 2.92 bits per heavy atom. The maximum atomic E-state index is 13.1. The lowest BCUT2D eigenvalue weighted by Crippen LogP contribution is -1.92. The summed E-state index contributed by atoms with van der Waals surface area (Å²) in [5, 5.41) is 3.83. The second-order valence-electron chi connectivity index (χ2n) is 2.61. The third-order valence-electron chi connectivity index (χ3n) is 1.93. The van der Waals surface area contributed by atoms with E-state index in [1.165, 1.54) is 6.07 Å². The van der Waals surface area contributed by atoms with Gasteiger partial charge in [-0.1, -0.05) is 0 Å². The molecule has 0 amide bonds. The van der Waals surface area contributed by atoms with Gasteiger partial charge in [0.05, 0.1) is 11.2 Å². The van der Waals surface area contributed by atoms with Crippen LogP contribution in [0, 0.1) is 5.82 Å². The Kier molecular flexibility index (Phi) is 1.50. The van der Waals surface area contributed by atoms with Gasteiger partial charge in [0.1, 0.15) is 5.82 Å². The van der Waals surface area contributed by atoms with Crippen LogP contribution in [0.5, 0.6) is 0 Å². The average molecular weight is 164 g/mol. The number of aromatic amines is 1. The first-order valence-corrected chi connectivity index (χ1v) is 3.76. The van der Waals surface area contributed by atoms with Crippen LogP contribution in [0.1, 0.15) is 0 Å². The van der Waals surface area contributed by atoms with Crippen LogP contribution in [0.3, 0.4) is 0 Å². The summed E-state index contributed by atoms with van der Waals surface area (Å²) in [7, 11) is 1.71. The molecular weight excluding hydrogens is 155 g/mol. The van der Waals surface area contributed by atoms with E-state index in [0.717, 1.165) is 10.9 Å². The van der Waals surface area contributed by atoms with Crippen molar-refractivity contribution in [1.29, 1.82) is 0 Å². The van der Waals surface area contributed by atoms with Crippen molar-refractivity contribution in [1.82, 2.24) is 4.98 Å². The highest BCUT2D eigenvalue weighted by Crippen LogP contribution is 2.24. The smallest absolute Gasteiger partial charge is 0.148 e. The van der Waals surface area contributed by atoms with Crippen LogP contribution in [-0.2, 0) is 0 Å². The zero-order valence-corrected chi connectivity index (χ0v) is 6.69. The SMILES string of the molecule is CNc1c(F)ccc2cc[nH]c12. The van der Waals surface area contributed by atoms with E-state index in [4.69, 9.17) is 0 Å². The molecule has 1 aromatic heterocycles. The number of fused-ring (bicyclic) bond motifs is 1. The molecule has 0 bridgehead atoms. The van der Waals surface area contributed by atoms with Gasteiger partial charge in [-0.05, 0) is 18.2 Å². The van der Waals surface area contributed by atoms with Gasteiger partial charge < -0.3 is 10.3 Å².